The molecule has 0 aliphatic carbocycles. The summed E-state index contributed by atoms with van der Waals surface area (Å²) >= 11 is 0. The molecule has 0 bridgehead atoms. The molecule has 0 N–H and O–H groups in total. The Kier molecular flexibility index (Phi) is 2.39. The summed E-state index contributed by atoms with van der Waals surface area (Å²) in [6.45, 7) is 1.98. The van der Waals surface area contributed by atoms with Crippen LogP contribution in [0.5, 0.6) is 0 Å². The van der Waals surface area contributed by atoms with E-state index in [-0.39, 0.29) is 0 Å². The standard InChI is InChI=1S/C16H11NO/c1-11-6-7-14(13(8-11)10-17)16-9-12-4-2-3-5-15(12)18-16/h2-9H,1H3. The summed E-state index contributed by atoms with van der Waals surface area (Å²) < 4.78 is 5.79. The maximum absolute atomic E-state index is 9.19. The zero-order chi connectivity index (χ0) is 12.5. The Balaban J connectivity index is 2.23. The monoisotopic (exact) mass is 233 g/mol. The third-order valence-electron chi connectivity index (χ3n) is 2.99. The maximum atomic E-state index is 9.19. The summed E-state index contributed by atoms with van der Waals surface area (Å²) in [4.78, 5) is 0. The number of benzene rings is 2. The lowest BCUT2D eigenvalue weighted by Gasteiger charge is -2.01. The van der Waals surface area contributed by atoms with Gasteiger partial charge in [0.05, 0.1) is 11.6 Å². The number of fused-ring (bicyclic) bond motifs is 1. The molecule has 2 aromatic carbocycles. The summed E-state index contributed by atoms with van der Waals surface area (Å²) in [5.74, 6) is 0.743. The van der Waals surface area contributed by atoms with Crippen LogP contribution in [0.3, 0.4) is 0 Å². The van der Waals surface area contributed by atoms with Gasteiger partial charge in [0.25, 0.3) is 0 Å². The molecule has 0 amide bonds. The van der Waals surface area contributed by atoms with E-state index in [1.165, 1.54) is 0 Å². The molecule has 0 aliphatic rings. The molecular formula is C16H11NO. The van der Waals surface area contributed by atoms with Gasteiger partial charge in [-0.25, -0.2) is 0 Å². The first-order valence-corrected chi connectivity index (χ1v) is 5.77. The summed E-state index contributed by atoms with van der Waals surface area (Å²) in [6, 6.07) is 17.8. The van der Waals surface area contributed by atoms with Gasteiger partial charge in [0, 0.05) is 10.9 Å². The molecule has 2 heteroatoms. The summed E-state index contributed by atoms with van der Waals surface area (Å²) in [7, 11) is 0. The van der Waals surface area contributed by atoms with E-state index in [4.69, 9.17) is 4.42 Å². The lowest BCUT2D eigenvalue weighted by Crippen LogP contribution is -1.83. The van der Waals surface area contributed by atoms with Gasteiger partial charge >= 0.3 is 0 Å². The van der Waals surface area contributed by atoms with E-state index in [0.717, 1.165) is 27.9 Å². The van der Waals surface area contributed by atoms with Crippen LogP contribution in [0.4, 0.5) is 0 Å². The number of furan rings is 1. The molecule has 0 saturated carbocycles. The van der Waals surface area contributed by atoms with Crippen molar-refractivity contribution in [1.82, 2.24) is 0 Å². The highest BCUT2D eigenvalue weighted by atomic mass is 16.3. The fraction of sp³-hybridized carbons (Fsp3) is 0.0625. The van der Waals surface area contributed by atoms with E-state index >= 15 is 0 Å². The van der Waals surface area contributed by atoms with Crippen LogP contribution in [0.1, 0.15) is 11.1 Å². The predicted molar refractivity (Wildman–Crippen MR) is 71.1 cm³/mol. The second-order valence-electron chi connectivity index (χ2n) is 4.31. The molecule has 0 atom stereocenters. The van der Waals surface area contributed by atoms with E-state index < -0.39 is 0 Å². The van der Waals surface area contributed by atoms with Gasteiger partial charge in [-0.15, -0.1) is 0 Å². The minimum absolute atomic E-state index is 0.647. The molecule has 3 rings (SSSR count). The molecule has 0 unspecified atom stereocenters. The number of nitrogens with zero attached hydrogens (tertiary/aromatic N) is 1. The van der Waals surface area contributed by atoms with E-state index in [1.807, 2.05) is 55.5 Å². The van der Waals surface area contributed by atoms with Crippen LogP contribution in [0.25, 0.3) is 22.3 Å². The molecule has 86 valence electrons. The molecule has 1 aromatic heterocycles. The average molecular weight is 233 g/mol. The molecular weight excluding hydrogens is 222 g/mol. The average Bonchev–Trinajstić information content (AvgIpc) is 2.82. The van der Waals surface area contributed by atoms with Crippen molar-refractivity contribution in [2.45, 2.75) is 6.92 Å². The van der Waals surface area contributed by atoms with Gasteiger partial charge < -0.3 is 4.42 Å². The van der Waals surface area contributed by atoms with Gasteiger partial charge in [-0.1, -0.05) is 24.3 Å². The smallest absolute Gasteiger partial charge is 0.136 e. The minimum atomic E-state index is 0.647. The first-order chi connectivity index (χ1) is 8.78. The van der Waals surface area contributed by atoms with Crippen LogP contribution in [0, 0.1) is 18.3 Å². The Morgan fingerprint density at radius 3 is 2.67 bits per heavy atom. The maximum Gasteiger partial charge on any atom is 0.136 e. The van der Waals surface area contributed by atoms with Crippen LogP contribution in [0.2, 0.25) is 0 Å². The summed E-state index contributed by atoms with van der Waals surface area (Å²) in [5, 5.41) is 10.2. The zero-order valence-corrected chi connectivity index (χ0v) is 9.97. The van der Waals surface area contributed by atoms with Gasteiger partial charge in [-0.05, 0) is 36.8 Å². The van der Waals surface area contributed by atoms with Crippen molar-refractivity contribution in [3.63, 3.8) is 0 Å². The number of hydrogen-bond donors (Lipinski definition) is 0. The largest absolute Gasteiger partial charge is 0.456 e. The van der Waals surface area contributed by atoms with Crippen molar-refractivity contribution in [1.29, 1.82) is 5.26 Å². The second-order valence-corrected chi connectivity index (χ2v) is 4.31. The van der Waals surface area contributed by atoms with E-state index in [1.54, 1.807) is 0 Å². The Bertz CT molecular complexity index is 729. The number of hydrogen-bond acceptors (Lipinski definition) is 2. The van der Waals surface area contributed by atoms with Gasteiger partial charge in [0.1, 0.15) is 11.3 Å². The van der Waals surface area contributed by atoms with Crippen molar-refractivity contribution < 1.29 is 4.42 Å². The number of nitriles is 1. The third kappa shape index (κ3) is 1.66. The summed E-state index contributed by atoms with van der Waals surface area (Å²) in [5.41, 5.74) is 3.41. The predicted octanol–water partition coefficient (Wildman–Crippen LogP) is 4.28. The highest BCUT2D eigenvalue weighted by Gasteiger charge is 2.10. The molecule has 3 aromatic rings. The van der Waals surface area contributed by atoms with Gasteiger partial charge in [-0.3, -0.25) is 0 Å². The van der Waals surface area contributed by atoms with Crippen LogP contribution >= 0.6 is 0 Å². The second kappa shape index (κ2) is 4.05. The van der Waals surface area contributed by atoms with Crippen molar-refractivity contribution in [3.05, 3.63) is 59.7 Å². The molecule has 0 saturated heterocycles. The summed E-state index contributed by atoms with van der Waals surface area (Å²) in [6.07, 6.45) is 0. The minimum Gasteiger partial charge on any atom is -0.456 e. The fourth-order valence-corrected chi connectivity index (χ4v) is 2.08. The Labute approximate surface area is 105 Å². The third-order valence-corrected chi connectivity index (χ3v) is 2.99. The molecule has 18 heavy (non-hydrogen) atoms. The zero-order valence-electron chi connectivity index (χ0n) is 9.97. The van der Waals surface area contributed by atoms with Crippen LogP contribution in [-0.4, -0.2) is 0 Å². The molecule has 0 radical (unpaired) electrons. The highest BCUT2D eigenvalue weighted by Crippen LogP contribution is 2.30. The van der Waals surface area contributed by atoms with E-state index in [2.05, 4.69) is 6.07 Å². The van der Waals surface area contributed by atoms with Crippen molar-refractivity contribution in [2.24, 2.45) is 0 Å². The first kappa shape index (κ1) is 10.6. The van der Waals surface area contributed by atoms with Crippen LogP contribution in [-0.2, 0) is 0 Å². The molecule has 0 spiro atoms. The SMILES string of the molecule is Cc1ccc(-c2cc3ccccc3o2)c(C#N)c1. The van der Waals surface area contributed by atoms with Crippen molar-refractivity contribution in [3.8, 4) is 17.4 Å². The normalized spacial score (nSPS) is 10.4. The van der Waals surface area contributed by atoms with Crippen molar-refractivity contribution in [2.75, 3.05) is 0 Å². The topological polar surface area (TPSA) is 36.9 Å². The Morgan fingerprint density at radius 2 is 1.89 bits per heavy atom. The van der Waals surface area contributed by atoms with Crippen LogP contribution < -0.4 is 0 Å². The van der Waals surface area contributed by atoms with Crippen LogP contribution in [0.15, 0.2) is 52.9 Å². The Morgan fingerprint density at radius 1 is 1.06 bits per heavy atom. The lowest BCUT2D eigenvalue weighted by atomic mass is 10.0. The van der Waals surface area contributed by atoms with E-state index in [0.29, 0.717) is 5.56 Å². The number of aryl methyl sites for hydroxylation is 1. The van der Waals surface area contributed by atoms with Gasteiger partial charge in [-0.2, -0.15) is 5.26 Å². The van der Waals surface area contributed by atoms with Crippen molar-refractivity contribution >= 4 is 11.0 Å². The molecule has 0 aliphatic heterocycles. The lowest BCUT2D eigenvalue weighted by molar-refractivity contribution is 0.631. The first-order valence-electron chi connectivity index (χ1n) is 5.77. The molecule has 1 heterocycles. The molecule has 2 nitrogen and oxygen atoms in total. The fourth-order valence-electron chi connectivity index (χ4n) is 2.08. The number of para-hydroxylation sites is 1. The van der Waals surface area contributed by atoms with E-state index in [9.17, 15) is 5.26 Å². The molecule has 0 fully saturated rings. The highest BCUT2D eigenvalue weighted by molar-refractivity contribution is 5.83. The number of rotatable bonds is 1. The Hall–Kier alpha value is -2.53. The van der Waals surface area contributed by atoms with Gasteiger partial charge in [0.15, 0.2) is 0 Å². The quantitative estimate of drug-likeness (QED) is 0.629. The van der Waals surface area contributed by atoms with Gasteiger partial charge in [0.2, 0.25) is 0 Å².